The number of alkyl halides is 1. The molecule has 2 aromatic carbocycles. The van der Waals surface area contributed by atoms with Crippen molar-refractivity contribution >= 4 is 17.9 Å². The van der Waals surface area contributed by atoms with Crippen molar-refractivity contribution in [2.24, 2.45) is 0 Å². The molecule has 0 amide bonds. The first-order valence-electron chi connectivity index (χ1n) is 8.90. The molecule has 0 bridgehead atoms. The molecule has 8 heteroatoms. The topological polar surface area (TPSA) is 88.1 Å². The van der Waals surface area contributed by atoms with Gasteiger partial charge in [-0.3, -0.25) is 4.79 Å². The van der Waals surface area contributed by atoms with Crippen molar-refractivity contribution in [3.8, 4) is 0 Å². The van der Waals surface area contributed by atoms with Gasteiger partial charge in [0.25, 0.3) is 0 Å². The summed E-state index contributed by atoms with van der Waals surface area (Å²) >= 11 is 0. The van der Waals surface area contributed by atoms with Crippen molar-refractivity contribution in [2.75, 3.05) is 6.61 Å². The number of benzene rings is 2. The Kier molecular flexibility index (Phi) is 6.56. The summed E-state index contributed by atoms with van der Waals surface area (Å²) < 4.78 is 35.0. The summed E-state index contributed by atoms with van der Waals surface area (Å²) in [6, 6.07) is 16.2. The van der Waals surface area contributed by atoms with Gasteiger partial charge in [-0.2, -0.15) is 0 Å². The van der Waals surface area contributed by atoms with Gasteiger partial charge in [0.15, 0.2) is 12.2 Å². The number of hydrogen-bond donors (Lipinski definition) is 0. The molecule has 7 nitrogen and oxygen atoms in total. The standard InChI is InChI=1S/C21H19FO7/c1-13(23)27-17-16(12-26-20(24)14-8-4-2-5-9-14)28-19(22)18(17)29-21(25)15-10-6-3-7-11-15/h2-11,16-19H,12H2,1H3/t16-,17-,18-,19+/m1/s1. The molecule has 0 spiro atoms. The Labute approximate surface area is 166 Å². The zero-order valence-corrected chi connectivity index (χ0v) is 15.5. The quantitative estimate of drug-likeness (QED) is 0.542. The smallest absolute Gasteiger partial charge is 0.338 e. The second-order valence-corrected chi connectivity index (χ2v) is 6.30. The van der Waals surface area contributed by atoms with E-state index in [0.717, 1.165) is 6.92 Å². The molecular weight excluding hydrogens is 383 g/mol. The van der Waals surface area contributed by atoms with Gasteiger partial charge in [-0.05, 0) is 24.3 Å². The first kappa shape index (κ1) is 20.5. The number of halogens is 1. The molecule has 4 atom stereocenters. The van der Waals surface area contributed by atoms with E-state index in [1.54, 1.807) is 48.5 Å². The molecule has 0 aliphatic carbocycles. The first-order valence-corrected chi connectivity index (χ1v) is 8.90. The number of carbonyl (C=O) groups excluding carboxylic acids is 3. The zero-order valence-electron chi connectivity index (χ0n) is 15.5. The number of esters is 3. The van der Waals surface area contributed by atoms with Crippen molar-refractivity contribution in [1.82, 2.24) is 0 Å². The molecule has 152 valence electrons. The third-order valence-corrected chi connectivity index (χ3v) is 4.20. The Bertz CT molecular complexity index is 856. The van der Waals surface area contributed by atoms with Gasteiger partial charge in [0, 0.05) is 6.92 Å². The number of carbonyl (C=O) groups is 3. The van der Waals surface area contributed by atoms with E-state index in [1.807, 2.05) is 0 Å². The van der Waals surface area contributed by atoms with Crippen LogP contribution in [0.5, 0.6) is 0 Å². The van der Waals surface area contributed by atoms with Crippen molar-refractivity contribution in [1.29, 1.82) is 0 Å². The summed E-state index contributed by atoms with van der Waals surface area (Å²) in [7, 11) is 0. The fraction of sp³-hybridized carbons (Fsp3) is 0.286. The van der Waals surface area contributed by atoms with Crippen LogP contribution >= 0.6 is 0 Å². The highest BCUT2D eigenvalue weighted by Gasteiger charge is 2.50. The Morgan fingerprint density at radius 2 is 1.41 bits per heavy atom. The van der Waals surface area contributed by atoms with Crippen LogP contribution in [0.2, 0.25) is 0 Å². The minimum atomic E-state index is -2.05. The van der Waals surface area contributed by atoms with Crippen molar-refractivity contribution < 1.29 is 37.7 Å². The monoisotopic (exact) mass is 402 g/mol. The van der Waals surface area contributed by atoms with Crippen LogP contribution < -0.4 is 0 Å². The Balaban J connectivity index is 1.68. The van der Waals surface area contributed by atoms with Gasteiger partial charge in [0.2, 0.25) is 6.36 Å². The van der Waals surface area contributed by atoms with E-state index in [4.69, 9.17) is 18.9 Å². The van der Waals surface area contributed by atoms with Gasteiger partial charge >= 0.3 is 17.9 Å². The maximum Gasteiger partial charge on any atom is 0.338 e. The molecule has 0 saturated carbocycles. The molecular formula is C21H19FO7. The lowest BCUT2D eigenvalue weighted by Gasteiger charge is -2.22. The molecule has 0 radical (unpaired) electrons. The van der Waals surface area contributed by atoms with Crippen molar-refractivity contribution in [3.63, 3.8) is 0 Å². The summed E-state index contributed by atoms with van der Waals surface area (Å²) in [5.41, 5.74) is 0.513. The third-order valence-electron chi connectivity index (χ3n) is 4.20. The second kappa shape index (κ2) is 9.29. The van der Waals surface area contributed by atoms with E-state index in [1.165, 1.54) is 12.1 Å². The van der Waals surface area contributed by atoms with Crippen LogP contribution in [0, 0.1) is 0 Å². The molecule has 3 rings (SSSR count). The summed E-state index contributed by atoms with van der Waals surface area (Å²) in [5, 5.41) is 0. The highest BCUT2D eigenvalue weighted by Crippen LogP contribution is 2.29. The molecule has 0 unspecified atom stereocenters. The minimum Gasteiger partial charge on any atom is -0.459 e. The zero-order chi connectivity index (χ0) is 20.8. The SMILES string of the molecule is CC(=O)O[C@H]1[C@@H](OC(=O)c2ccccc2)[C@@H](F)O[C@@H]1COC(=O)c1ccccc1. The molecule has 2 aromatic rings. The molecule has 1 aliphatic rings. The predicted molar refractivity (Wildman–Crippen MR) is 97.7 cm³/mol. The number of hydrogen-bond acceptors (Lipinski definition) is 7. The second-order valence-electron chi connectivity index (χ2n) is 6.30. The summed E-state index contributed by atoms with van der Waals surface area (Å²) in [6.45, 7) is 0.750. The molecule has 1 aliphatic heterocycles. The van der Waals surface area contributed by atoms with Crippen molar-refractivity contribution in [2.45, 2.75) is 31.6 Å². The average Bonchev–Trinajstić information content (AvgIpc) is 3.01. The van der Waals surface area contributed by atoms with E-state index in [9.17, 15) is 18.8 Å². The lowest BCUT2D eigenvalue weighted by atomic mass is 10.1. The van der Waals surface area contributed by atoms with Gasteiger partial charge < -0.3 is 18.9 Å². The van der Waals surface area contributed by atoms with Gasteiger partial charge in [-0.15, -0.1) is 0 Å². The van der Waals surface area contributed by atoms with Crippen LogP contribution in [0.15, 0.2) is 60.7 Å². The Morgan fingerprint density at radius 3 is 1.97 bits per heavy atom. The van der Waals surface area contributed by atoms with Crippen molar-refractivity contribution in [3.05, 3.63) is 71.8 Å². The number of ether oxygens (including phenoxy) is 4. The molecule has 0 aromatic heterocycles. The average molecular weight is 402 g/mol. The predicted octanol–water partition coefficient (Wildman–Crippen LogP) is 2.70. The maximum atomic E-state index is 14.4. The van der Waals surface area contributed by atoms with Gasteiger partial charge in [0.1, 0.15) is 12.7 Å². The van der Waals surface area contributed by atoms with Crippen LogP contribution in [-0.2, 0) is 23.7 Å². The molecule has 0 N–H and O–H groups in total. The molecule has 1 fully saturated rings. The maximum absolute atomic E-state index is 14.4. The van der Waals surface area contributed by atoms with E-state index in [2.05, 4.69) is 0 Å². The lowest BCUT2D eigenvalue weighted by molar-refractivity contribution is -0.154. The van der Waals surface area contributed by atoms with E-state index >= 15 is 0 Å². The normalized spacial score (nSPS) is 23.2. The van der Waals surface area contributed by atoms with Crippen LogP contribution in [0.1, 0.15) is 27.6 Å². The molecule has 1 heterocycles. The van der Waals surface area contributed by atoms with E-state index < -0.39 is 42.6 Å². The highest BCUT2D eigenvalue weighted by molar-refractivity contribution is 5.90. The Morgan fingerprint density at radius 1 is 0.862 bits per heavy atom. The summed E-state index contributed by atoms with van der Waals surface area (Å²) in [6.07, 6.45) is -5.94. The van der Waals surface area contributed by atoms with Gasteiger partial charge in [0.05, 0.1) is 11.1 Å². The first-order chi connectivity index (χ1) is 14.0. The van der Waals surface area contributed by atoms with Gasteiger partial charge in [-0.1, -0.05) is 36.4 Å². The van der Waals surface area contributed by atoms with E-state index in [0.29, 0.717) is 5.56 Å². The van der Waals surface area contributed by atoms with Crippen LogP contribution in [-0.4, -0.2) is 49.2 Å². The minimum absolute atomic E-state index is 0.209. The van der Waals surface area contributed by atoms with E-state index in [-0.39, 0.29) is 12.2 Å². The molecule has 1 saturated heterocycles. The lowest BCUT2D eigenvalue weighted by Crippen LogP contribution is -2.41. The van der Waals surface area contributed by atoms with Gasteiger partial charge in [-0.25, -0.2) is 14.0 Å². The van der Waals surface area contributed by atoms with Crippen LogP contribution in [0.3, 0.4) is 0 Å². The highest BCUT2D eigenvalue weighted by atomic mass is 19.1. The fourth-order valence-electron chi connectivity index (χ4n) is 2.85. The largest absolute Gasteiger partial charge is 0.459 e. The summed E-state index contributed by atoms with van der Waals surface area (Å²) in [4.78, 5) is 35.8. The Hall–Kier alpha value is -3.26. The molecule has 29 heavy (non-hydrogen) atoms. The summed E-state index contributed by atoms with van der Waals surface area (Å²) in [5.74, 6) is -2.15. The third kappa shape index (κ3) is 5.17. The van der Waals surface area contributed by atoms with Crippen LogP contribution in [0.4, 0.5) is 4.39 Å². The van der Waals surface area contributed by atoms with Crippen LogP contribution in [0.25, 0.3) is 0 Å². The fourth-order valence-corrected chi connectivity index (χ4v) is 2.85. The number of rotatable bonds is 6.